The van der Waals surface area contributed by atoms with Crippen LogP contribution in [0.4, 0.5) is 14.5 Å². The Labute approximate surface area is 135 Å². The summed E-state index contributed by atoms with van der Waals surface area (Å²) in [6.07, 6.45) is 0.307. The molecule has 5 heteroatoms. The zero-order chi connectivity index (χ0) is 16.8. The summed E-state index contributed by atoms with van der Waals surface area (Å²) < 4.78 is 26.3. The lowest BCUT2D eigenvalue weighted by molar-refractivity contribution is 0.156. The van der Waals surface area contributed by atoms with Crippen molar-refractivity contribution in [3.05, 3.63) is 65.2 Å². The summed E-state index contributed by atoms with van der Waals surface area (Å²) in [4.78, 5) is 0. The van der Waals surface area contributed by atoms with E-state index in [9.17, 15) is 13.9 Å². The molecule has 0 amide bonds. The molecule has 2 aromatic carbocycles. The Morgan fingerprint density at radius 1 is 1.09 bits per heavy atom. The first-order chi connectivity index (χ1) is 11.0. The summed E-state index contributed by atoms with van der Waals surface area (Å²) >= 11 is 0. The number of nitrogens with two attached hydrogens (primary N) is 1. The molecule has 2 aromatic rings. The molecule has 2 atom stereocenters. The Hall–Kier alpha value is -1.98. The molecular formula is C18H22F2N2O. The summed E-state index contributed by atoms with van der Waals surface area (Å²) in [5, 5.41) is 13.3. The predicted molar refractivity (Wildman–Crippen MR) is 88.4 cm³/mol. The van der Waals surface area contributed by atoms with Gasteiger partial charge >= 0.3 is 0 Å². The van der Waals surface area contributed by atoms with Crippen molar-refractivity contribution in [3.8, 4) is 0 Å². The third-order valence-electron chi connectivity index (χ3n) is 3.74. The Kier molecular flexibility index (Phi) is 6.07. The van der Waals surface area contributed by atoms with Gasteiger partial charge in [0.1, 0.15) is 11.6 Å². The molecule has 23 heavy (non-hydrogen) atoms. The smallest absolute Gasteiger partial charge is 0.126 e. The number of halogens is 2. The van der Waals surface area contributed by atoms with Crippen LogP contribution in [0, 0.1) is 11.6 Å². The normalized spacial score (nSPS) is 13.6. The average Bonchev–Trinajstić information content (AvgIpc) is 2.51. The third kappa shape index (κ3) is 5.30. The molecule has 0 aliphatic rings. The largest absolute Gasteiger partial charge is 0.390 e. The quantitative estimate of drug-likeness (QED) is 0.735. The summed E-state index contributed by atoms with van der Waals surface area (Å²) in [5.41, 5.74) is 8.47. The van der Waals surface area contributed by atoms with Gasteiger partial charge < -0.3 is 16.2 Å². The number of anilines is 1. The topological polar surface area (TPSA) is 58.3 Å². The molecule has 0 aromatic heterocycles. The van der Waals surface area contributed by atoms with E-state index >= 15 is 0 Å². The van der Waals surface area contributed by atoms with E-state index in [0.717, 1.165) is 18.2 Å². The molecule has 0 bridgehead atoms. The second-order valence-electron chi connectivity index (χ2n) is 5.65. The first-order valence-electron chi connectivity index (χ1n) is 7.69. The molecule has 0 spiro atoms. The Bertz CT molecular complexity index is 628. The number of benzene rings is 2. The van der Waals surface area contributed by atoms with Gasteiger partial charge in [-0.2, -0.15) is 0 Å². The maximum absolute atomic E-state index is 13.2. The Morgan fingerprint density at radius 2 is 1.78 bits per heavy atom. The fourth-order valence-corrected chi connectivity index (χ4v) is 2.41. The molecule has 0 saturated carbocycles. The van der Waals surface area contributed by atoms with E-state index in [-0.39, 0.29) is 13.0 Å². The van der Waals surface area contributed by atoms with E-state index in [0.29, 0.717) is 5.56 Å². The van der Waals surface area contributed by atoms with Crippen LogP contribution in [0.2, 0.25) is 0 Å². The second kappa shape index (κ2) is 8.04. The number of hydrogen-bond acceptors (Lipinski definition) is 3. The molecule has 2 unspecified atom stereocenters. The Balaban J connectivity index is 1.90. The van der Waals surface area contributed by atoms with Crippen molar-refractivity contribution in [2.24, 2.45) is 5.73 Å². The standard InChI is InChI=1S/C18H22F2N2O/c1-2-12-4-3-5-16(8-12)22-11-18(23)17(21)9-13-6-14(19)10-15(20)7-13/h3-8,10,17-18,22-23H,2,9,11,21H2,1H3. The van der Waals surface area contributed by atoms with E-state index < -0.39 is 23.8 Å². The lowest BCUT2D eigenvalue weighted by Crippen LogP contribution is -2.41. The minimum atomic E-state index is -0.827. The van der Waals surface area contributed by atoms with E-state index in [4.69, 9.17) is 5.73 Å². The summed E-state index contributed by atoms with van der Waals surface area (Å²) in [7, 11) is 0. The maximum Gasteiger partial charge on any atom is 0.126 e. The van der Waals surface area contributed by atoms with Crippen LogP contribution in [-0.2, 0) is 12.8 Å². The molecule has 0 saturated heterocycles. The monoisotopic (exact) mass is 320 g/mol. The number of aliphatic hydroxyl groups is 1. The van der Waals surface area contributed by atoms with Gasteiger partial charge in [-0.25, -0.2) is 8.78 Å². The lowest BCUT2D eigenvalue weighted by Gasteiger charge is -2.20. The third-order valence-corrected chi connectivity index (χ3v) is 3.74. The van der Waals surface area contributed by atoms with Gasteiger partial charge in [0.15, 0.2) is 0 Å². The number of aliphatic hydroxyl groups excluding tert-OH is 1. The van der Waals surface area contributed by atoms with Gasteiger partial charge in [0.25, 0.3) is 0 Å². The van der Waals surface area contributed by atoms with Crippen molar-refractivity contribution >= 4 is 5.69 Å². The van der Waals surface area contributed by atoms with Crippen molar-refractivity contribution in [1.82, 2.24) is 0 Å². The van der Waals surface area contributed by atoms with E-state index in [1.165, 1.54) is 17.7 Å². The van der Waals surface area contributed by atoms with Gasteiger partial charge in [-0.3, -0.25) is 0 Å². The molecule has 124 valence electrons. The van der Waals surface area contributed by atoms with Crippen LogP contribution in [0.15, 0.2) is 42.5 Å². The van der Waals surface area contributed by atoms with Gasteiger partial charge in [-0.1, -0.05) is 19.1 Å². The molecule has 0 aliphatic heterocycles. The van der Waals surface area contributed by atoms with Crippen molar-refractivity contribution < 1.29 is 13.9 Å². The van der Waals surface area contributed by atoms with Crippen molar-refractivity contribution in [2.45, 2.75) is 31.9 Å². The van der Waals surface area contributed by atoms with Gasteiger partial charge in [0.2, 0.25) is 0 Å². The summed E-state index contributed by atoms with van der Waals surface area (Å²) in [5.74, 6) is -1.28. The fraction of sp³-hybridized carbons (Fsp3) is 0.333. The number of rotatable bonds is 7. The molecular weight excluding hydrogens is 298 g/mol. The molecule has 0 fully saturated rings. The number of hydrogen-bond donors (Lipinski definition) is 3. The highest BCUT2D eigenvalue weighted by molar-refractivity contribution is 5.45. The first kappa shape index (κ1) is 17.4. The van der Waals surface area contributed by atoms with E-state index in [1.807, 2.05) is 24.3 Å². The Morgan fingerprint density at radius 3 is 2.43 bits per heavy atom. The van der Waals surface area contributed by atoms with Crippen molar-refractivity contribution in [2.75, 3.05) is 11.9 Å². The van der Waals surface area contributed by atoms with Crippen LogP contribution in [0.25, 0.3) is 0 Å². The first-order valence-corrected chi connectivity index (χ1v) is 7.69. The van der Waals surface area contributed by atoms with Gasteiger partial charge in [0.05, 0.1) is 6.10 Å². The molecule has 0 heterocycles. The van der Waals surface area contributed by atoms with E-state index in [1.54, 1.807) is 0 Å². The van der Waals surface area contributed by atoms with Crippen LogP contribution in [0.3, 0.4) is 0 Å². The number of aryl methyl sites for hydroxylation is 1. The lowest BCUT2D eigenvalue weighted by atomic mass is 10.0. The van der Waals surface area contributed by atoms with Crippen LogP contribution in [0.1, 0.15) is 18.1 Å². The van der Waals surface area contributed by atoms with E-state index in [2.05, 4.69) is 12.2 Å². The summed E-state index contributed by atoms with van der Waals surface area (Å²) in [6.45, 7) is 2.34. The van der Waals surface area contributed by atoms with Crippen LogP contribution >= 0.6 is 0 Å². The highest BCUT2D eigenvalue weighted by Gasteiger charge is 2.16. The van der Waals surface area contributed by atoms with Crippen LogP contribution in [0.5, 0.6) is 0 Å². The van der Waals surface area contributed by atoms with Crippen LogP contribution < -0.4 is 11.1 Å². The van der Waals surface area contributed by atoms with Crippen molar-refractivity contribution in [3.63, 3.8) is 0 Å². The molecule has 3 nitrogen and oxygen atoms in total. The minimum Gasteiger partial charge on any atom is -0.390 e. The number of nitrogens with one attached hydrogen (secondary N) is 1. The van der Waals surface area contributed by atoms with Gasteiger partial charge in [-0.05, 0) is 48.2 Å². The zero-order valence-electron chi connectivity index (χ0n) is 13.1. The SMILES string of the molecule is CCc1cccc(NCC(O)C(N)Cc2cc(F)cc(F)c2)c1. The van der Waals surface area contributed by atoms with Gasteiger partial charge in [0, 0.05) is 24.3 Å². The van der Waals surface area contributed by atoms with Crippen LogP contribution in [-0.4, -0.2) is 23.8 Å². The second-order valence-corrected chi connectivity index (χ2v) is 5.65. The highest BCUT2D eigenvalue weighted by Crippen LogP contribution is 2.13. The van der Waals surface area contributed by atoms with Gasteiger partial charge in [-0.15, -0.1) is 0 Å². The fourth-order valence-electron chi connectivity index (χ4n) is 2.41. The highest BCUT2D eigenvalue weighted by atomic mass is 19.1. The average molecular weight is 320 g/mol. The summed E-state index contributed by atoms with van der Waals surface area (Å²) in [6, 6.07) is 10.6. The molecule has 0 aliphatic carbocycles. The molecule has 2 rings (SSSR count). The van der Waals surface area contributed by atoms with Crippen molar-refractivity contribution in [1.29, 1.82) is 0 Å². The minimum absolute atomic E-state index is 0.201. The molecule has 4 N–H and O–H groups in total. The maximum atomic E-state index is 13.2. The zero-order valence-corrected chi connectivity index (χ0v) is 13.1. The predicted octanol–water partition coefficient (Wildman–Crippen LogP) is 2.87. The molecule has 0 radical (unpaired) electrons.